The van der Waals surface area contributed by atoms with Crippen LogP contribution in [0.3, 0.4) is 0 Å². The Bertz CT molecular complexity index is 471. The average Bonchev–Trinajstić information content (AvgIpc) is 2.52. The molecule has 1 unspecified atom stereocenters. The first kappa shape index (κ1) is 18.2. The van der Waals surface area contributed by atoms with E-state index in [4.69, 9.17) is 9.47 Å². The molecule has 0 fully saturated rings. The molecule has 0 saturated carbocycles. The second kappa shape index (κ2) is 9.20. The molecular weight excluding hydrogens is 284 g/mol. The number of hydrogen-bond donors (Lipinski definition) is 1. The standard InChI is InChI=1S/C17H24O5/c1-3-12-22-15(18)10-11-17(20,13-16(19)21-4-2)14-8-6-5-7-9-14/h5-9,20H,3-4,10-13H2,1-2H3. The van der Waals surface area contributed by atoms with E-state index in [9.17, 15) is 14.7 Å². The third kappa shape index (κ3) is 5.85. The van der Waals surface area contributed by atoms with Gasteiger partial charge in [0.1, 0.15) is 5.60 Å². The topological polar surface area (TPSA) is 72.8 Å². The summed E-state index contributed by atoms with van der Waals surface area (Å²) in [6, 6.07) is 8.85. The summed E-state index contributed by atoms with van der Waals surface area (Å²) in [7, 11) is 0. The predicted molar refractivity (Wildman–Crippen MR) is 82.1 cm³/mol. The van der Waals surface area contributed by atoms with Gasteiger partial charge in [-0.3, -0.25) is 9.59 Å². The molecule has 0 aliphatic heterocycles. The number of carbonyl (C=O) groups excluding carboxylic acids is 2. The van der Waals surface area contributed by atoms with Gasteiger partial charge in [0, 0.05) is 6.42 Å². The van der Waals surface area contributed by atoms with E-state index in [-0.39, 0.29) is 31.8 Å². The molecule has 5 heteroatoms. The van der Waals surface area contributed by atoms with Crippen molar-refractivity contribution in [3.63, 3.8) is 0 Å². The lowest BCUT2D eigenvalue weighted by molar-refractivity contribution is -0.152. The Morgan fingerprint density at radius 1 is 1.09 bits per heavy atom. The molecule has 1 atom stereocenters. The van der Waals surface area contributed by atoms with E-state index in [1.165, 1.54) is 0 Å². The van der Waals surface area contributed by atoms with Gasteiger partial charge in [0.15, 0.2) is 0 Å². The Kier molecular flexibility index (Phi) is 7.60. The lowest BCUT2D eigenvalue weighted by Crippen LogP contribution is -2.31. The zero-order chi connectivity index (χ0) is 16.4. The Balaban J connectivity index is 2.78. The molecule has 0 amide bonds. The first-order valence-corrected chi connectivity index (χ1v) is 7.61. The monoisotopic (exact) mass is 308 g/mol. The maximum Gasteiger partial charge on any atom is 0.309 e. The molecular formula is C17H24O5. The fourth-order valence-corrected chi connectivity index (χ4v) is 2.13. The number of aliphatic hydroxyl groups is 1. The number of rotatable bonds is 9. The van der Waals surface area contributed by atoms with Gasteiger partial charge >= 0.3 is 11.9 Å². The van der Waals surface area contributed by atoms with Gasteiger partial charge in [0.2, 0.25) is 0 Å². The van der Waals surface area contributed by atoms with Crippen LogP contribution in [0.2, 0.25) is 0 Å². The van der Waals surface area contributed by atoms with E-state index >= 15 is 0 Å². The Hall–Kier alpha value is -1.88. The van der Waals surface area contributed by atoms with Gasteiger partial charge in [-0.2, -0.15) is 0 Å². The van der Waals surface area contributed by atoms with E-state index in [2.05, 4.69) is 0 Å². The molecule has 0 saturated heterocycles. The lowest BCUT2D eigenvalue weighted by atomic mass is 9.86. The minimum Gasteiger partial charge on any atom is -0.466 e. The van der Waals surface area contributed by atoms with Crippen LogP contribution < -0.4 is 0 Å². The highest BCUT2D eigenvalue weighted by Crippen LogP contribution is 2.30. The molecule has 0 bridgehead atoms. The minimum absolute atomic E-state index is 0.0464. The van der Waals surface area contributed by atoms with Crippen LogP contribution in [0, 0.1) is 0 Å². The van der Waals surface area contributed by atoms with Gasteiger partial charge in [0.25, 0.3) is 0 Å². The molecule has 0 spiro atoms. The summed E-state index contributed by atoms with van der Waals surface area (Å²) in [4.78, 5) is 23.4. The second-order valence-corrected chi connectivity index (χ2v) is 5.10. The van der Waals surface area contributed by atoms with Crippen LogP contribution >= 0.6 is 0 Å². The quantitative estimate of drug-likeness (QED) is 0.710. The lowest BCUT2D eigenvalue weighted by Gasteiger charge is -2.27. The molecule has 0 aliphatic carbocycles. The summed E-state index contributed by atoms with van der Waals surface area (Å²) < 4.78 is 9.92. The van der Waals surface area contributed by atoms with Crippen molar-refractivity contribution in [3.8, 4) is 0 Å². The highest BCUT2D eigenvalue weighted by atomic mass is 16.5. The normalized spacial score (nSPS) is 13.2. The van der Waals surface area contributed by atoms with Crippen molar-refractivity contribution in [2.24, 2.45) is 0 Å². The Labute approximate surface area is 131 Å². The van der Waals surface area contributed by atoms with Crippen molar-refractivity contribution >= 4 is 11.9 Å². The van der Waals surface area contributed by atoms with Gasteiger partial charge < -0.3 is 14.6 Å². The van der Waals surface area contributed by atoms with Crippen molar-refractivity contribution in [2.45, 2.75) is 45.1 Å². The van der Waals surface area contributed by atoms with E-state index in [1.807, 2.05) is 13.0 Å². The molecule has 0 radical (unpaired) electrons. The van der Waals surface area contributed by atoms with Crippen molar-refractivity contribution in [1.29, 1.82) is 0 Å². The van der Waals surface area contributed by atoms with Crippen molar-refractivity contribution in [2.75, 3.05) is 13.2 Å². The molecule has 1 aromatic rings. The summed E-state index contributed by atoms with van der Waals surface area (Å²) in [6.45, 7) is 4.23. The van der Waals surface area contributed by atoms with E-state index in [0.29, 0.717) is 12.2 Å². The average molecular weight is 308 g/mol. The van der Waals surface area contributed by atoms with E-state index in [1.54, 1.807) is 31.2 Å². The van der Waals surface area contributed by atoms with Crippen molar-refractivity contribution in [3.05, 3.63) is 35.9 Å². The summed E-state index contributed by atoms with van der Waals surface area (Å²) >= 11 is 0. The molecule has 1 aromatic carbocycles. The fourth-order valence-electron chi connectivity index (χ4n) is 2.13. The molecule has 0 aromatic heterocycles. The van der Waals surface area contributed by atoms with Gasteiger partial charge in [0.05, 0.1) is 19.6 Å². The van der Waals surface area contributed by atoms with Crippen LogP contribution in [-0.4, -0.2) is 30.3 Å². The van der Waals surface area contributed by atoms with Crippen LogP contribution in [-0.2, 0) is 24.7 Å². The molecule has 1 rings (SSSR count). The van der Waals surface area contributed by atoms with E-state index in [0.717, 1.165) is 6.42 Å². The smallest absolute Gasteiger partial charge is 0.309 e. The van der Waals surface area contributed by atoms with Gasteiger partial charge in [-0.15, -0.1) is 0 Å². The number of hydrogen-bond acceptors (Lipinski definition) is 5. The van der Waals surface area contributed by atoms with E-state index < -0.39 is 11.6 Å². The molecule has 122 valence electrons. The van der Waals surface area contributed by atoms with Crippen LogP contribution in [0.1, 0.15) is 45.1 Å². The summed E-state index contributed by atoms with van der Waals surface area (Å²) in [5, 5.41) is 10.8. The first-order valence-electron chi connectivity index (χ1n) is 7.61. The number of ether oxygens (including phenoxy) is 2. The SMILES string of the molecule is CCCOC(=O)CCC(O)(CC(=O)OCC)c1ccccc1. The first-order chi connectivity index (χ1) is 10.5. The van der Waals surface area contributed by atoms with Gasteiger partial charge in [-0.05, 0) is 25.3 Å². The van der Waals surface area contributed by atoms with Crippen LogP contribution in [0.25, 0.3) is 0 Å². The molecule has 22 heavy (non-hydrogen) atoms. The minimum atomic E-state index is -1.43. The molecule has 0 aliphatic rings. The highest BCUT2D eigenvalue weighted by Gasteiger charge is 2.33. The number of esters is 2. The van der Waals surface area contributed by atoms with Crippen LogP contribution in [0.15, 0.2) is 30.3 Å². The third-order valence-electron chi connectivity index (χ3n) is 3.26. The van der Waals surface area contributed by atoms with Crippen molar-refractivity contribution < 1.29 is 24.2 Å². The molecule has 1 N–H and O–H groups in total. The van der Waals surface area contributed by atoms with Crippen LogP contribution in [0.4, 0.5) is 0 Å². The van der Waals surface area contributed by atoms with Crippen LogP contribution in [0.5, 0.6) is 0 Å². The Morgan fingerprint density at radius 2 is 1.77 bits per heavy atom. The molecule has 5 nitrogen and oxygen atoms in total. The zero-order valence-electron chi connectivity index (χ0n) is 13.2. The predicted octanol–water partition coefficient (Wildman–Crippen LogP) is 2.56. The van der Waals surface area contributed by atoms with Gasteiger partial charge in [-0.25, -0.2) is 0 Å². The second-order valence-electron chi connectivity index (χ2n) is 5.10. The summed E-state index contributed by atoms with van der Waals surface area (Å²) in [6.07, 6.45) is 0.715. The largest absolute Gasteiger partial charge is 0.466 e. The summed E-state index contributed by atoms with van der Waals surface area (Å²) in [5.74, 6) is -0.865. The summed E-state index contributed by atoms with van der Waals surface area (Å²) in [5.41, 5.74) is -0.843. The number of carbonyl (C=O) groups is 2. The molecule has 0 heterocycles. The fraction of sp³-hybridized carbons (Fsp3) is 0.529. The Morgan fingerprint density at radius 3 is 2.36 bits per heavy atom. The third-order valence-corrected chi connectivity index (χ3v) is 3.26. The maximum absolute atomic E-state index is 11.8. The zero-order valence-corrected chi connectivity index (χ0v) is 13.2. The van der Waals surface area contributed by atoms with Gasteiger partial charge in [-0.1, -0.05) is 37.3 Å². The highest BCUT2D eigenvalue weighted by molar-refractivity contribution is 5.72. The number of benzene rings is 1. The maximum atomic E-state index is 11.8. The van der Waals surface area contributed by atoms with Crippen molar-refractivity contribution in [1.82, 2.24) is 0 Å².